The van der Waals surface area contributed by atoms with Gasteiger partial charge in [0.05, 0.1) is 6.61 Å². The summed E-state index contributed by atoms with van der Waals surface area (Å²) < 4.78 is 7.23. The predicted molar refractivity (Wildman–Crippen MR) is 126 cm³/mol. The second kappa shape index (κ2) is 10.9. The average molecular weight is 464 g/mol. The van der Waals surface area contributed by atoms with Crippen molar-refractivity contribution >= 4 is 23.8 Å². The van der Waals surface area contributed by atoms with Crippen LogP contribution in [0.5, 0.6) is 0 Å². The molecule has 9 heteroatoms. The monoisotopic (exact) mass is 463 g/mol. The summed E-state index contributed by atoms with van der Waals surface area (Å²) in [4.78, 5) is 29.1. The van der Waals surface area contributed by atoms with Crippen LogP contribution in [0.4, 0.5) is 4.79 Å². The Hall–Kier alpha value is -1.74. The Morgan fingerprint density at radius 2 is 1.81 bits per heavy atom. The molecule has 3 heterocycles. The molecule has 0 bridgehead atoms. The standard InChI is InChI=1S/C23H37N5O3S/c1-3-9-28-20-6-5-18(24-17-7-10-27(11-8-17)23(30)31-4-2)16-19(20)21(25-28)22(29)26-12-14-32-15-13-26/h17-18,24H,3-16H2,1-2H3. The van der Waals surface area contributed by atoms with Gasteiger partial charge in [0.25, 0.3) is 5.91 Å². The van der Waals surface area contributed by atoms with Crippen molar-refractivity contribution in [1.82, 2.24) is 24.9 Å². The SMILES string of the molecule is CCCn1nc(C(=O)N2CCSCC2)c2c1CCC(NC1CCN(C(=O)OCC)CC1)C2. The second-order valence-corrected chi connectivity index (χ2v) is 10.2. The zero-order valence-corrected chi connectivity index (χ0v) is 20.3. The van der Waals surface area contributed by atoms with Gasteiger partial charge in [-0.3, -0.25) is 9.48 Å². The molecule has 1 aromatic rings. The molecule has 1 aliphatic carbocycles. The number of aromatic nitrogens is 2. The van der Waals surface area contributed by atoms with E-state index in [0.29, 0.717) is 24.4 Å². The van der Waals surface area contributed by atoms with E-state index in [2.05, 4.69) is 16.9 Å². The van der Waals surface area contributed by atoms with Crippen LogP contribution in [0.25, 0.3) is 0 Å². The molecule has 4 rings (SSSR count). The molecule has 1 atom stereocenters. The minimum Gasteiger partial charge on any atom is -0.450 e. The van der Waals surface area contributed by atoms with Crippen molar-refractivity contribution in [2.24, 2.45) is 0 Å². The lowest BCUT2D eigenvalue weighted by atomic mass is 9.89. The first-order valence-corrected chi connectivity index (χ1v) is 13.4. The first kappa shape index (κ1) is 23.4. The van der Waals surface area contributed by atoms with Crippen molar-refractivity contribution < 1.29 is 14.3 Å². The van der Waals surface area contributed by atoms with E-state index >= 15 is 0 Å². The van der Waals surface area contributed by atoms with E-state index in [-0.39, 0.29) is 12.0 Å². The Balaban J connectivity index is 1.41. The highest BCUT2D eigenvalue weighted by Crippen LogP contribution is 2.28. The van der Waals surface area contributed by atoms with Gasteiger partial charge in [-0.2, -0.15) is 16.9 Å². The van der Waals surface area contributed by atoms with Crippen molar-refractivity contribution in [3.63, 3.8) is 0 Å². The lowest BCUT2D eigenvalue weighted by Crippen LogP contribution is -2.49. The molecule has 8 nitrogen and oxygen atoms in total. The van der Waals surface area contributed by atoms with E-state index in [1.165, 1.54) is 5.69 Å². The van der Waals surface area contributed by atoms with E-state index < -0.39 is 0 Å². The van der Waals surface area contributed by atoms with Crippen LogP contribution >= 0.6 is 11.8 Å². The molecule has 0 spiro atoms. The van der Waals surface area contributed by atoms with Crippen LogP contribution in [0.1, 0.15) is 61.3 Å². The predicted octanol–water partition coefficient (Wildman–Crippen LogP) is 2.55. The number of aryl methyl sites for hydroxylation is 1. The van der Waals surface area contributed by atoms with Crippen molar-refractivity contribution in [3.05, 3.63) is 17.0 Å². The van der Waals surface area contributed by atoms with Crippen LogP contribution in [-0.4, -0.2) is 88.0 Å². The number of amides is 2. The van der Waals surface area contributed by atoms with Gasteiger partial charge in [-0.25, -0.2) is 4.79 Å². The molecule has 178 valence electrons. The van der Waals surface area contributed by atoms with Crippen LogP contribution in [0, 0.1) is 0 Å². The van der Waals surface area contributed by atoms with Gasteiger partial charge in [-0.15, -0.1) is 0 Å². The molecule has 32 heavy (non-hydrogen) atoms. The summed E-state index contributed by atoms with van der Waals surface area (Å²) in [6.45, 7) is 8.40. The van der Waals surface area contributed by atoms with Crippen molar-refractivity contribution in [1.29, 1.82) is 0 Å². The second-order valence-electron chi connectivity index (χ2n) is 8.97. The minimum absolute atomic E-state index is 0.111. The normalized spacial score (nSPS) is 22.0. The number of carbonyl (C=O) groups excluding carboxylic acids is 2. The molecule has 3 aliphatic rings. The molecular formula is C23H37N5O3S. The first-order valence-electron chi connectivity index (χ1n) is 12.2. The van der Waals surface area contributed by atoms with E-state index in [1.807, 2.05) is 28.5 Å². The number of nitrogens with zero attached hydrogens (tertiary/aromatic N) is 4. The maximum atomic E-state index is 13.3. The number of piperidine rings is 1. The number of carbonyl (C=O) groups is 2. The van der Waals surface area contributed by atoms with E-state index in [4.69, 9.17) is 9.84 Å². The number of rotatable bonds is 6. The maximum absolute atomic E-state index is 13.3. The minimum atomic E-state index is -0.198. The topological polar surface area (TPSA) is 79.7 Å². The zero-order valence-electron chi connectivity index (χ0n) is 19.5. The van der Waals surface area contributed by atoms with Crippen molar-refractivity contribution in [2.45, 2.75) is 71.0 Å². The maximum Gasteiger partial charge on any atom is 0.409 e. The van der Waals surface area contributed by atoms with Crippen LogP contribution in [0.2, 0.25) is 0 Å². The molecule has 2 aliphatic heterocycles. The third-order valence-corrected chi connectivity index (χ3v) is 7.72. The number of hydrogen-bond donors (Lipinski definition) is 1. The summed E-state index contributed by atoms with van der Waals surface area (Å²) >= 11 is 1.92. The fraction of sp³-hybridized carbons (Fsp3) is 0.783. The fourth-order valence-corrected chi connectivity index (χ4v) is 5.99. The lowest BCUT2D eigenvalue weighted by Gasteiger charge is -2.35. The Kier molecular flexibility index (Phi) is 7.99. The van der Waals surface area contributed by atoms with E-state index in [1.54, 1.807) is 0 Å². The van der Waals surface area contributed by atoms with Crippen molar-refractivity contribution in [2.75, 3.05) is 44.3 Å². The van der Waals surface area contributed by atoms with Gasteiger partial charge in [0.15, 0.2) is 5.69 Å². The lowest BCUT2D eigenvalue weighted by molar-refractivity contribution is 0.0764. The van der Waals surface area contributed by atoms with Crippen LogP contribution < -0.4 is 5.32 Å². The molecule has 2 saturated heterocycles. The number of likely N-dealkylation sites (tertiary alicyclic amines) is 1. The summed E-state index contributed by atoms with van der Waals surface area (Å²) in [6.07, 6.45) is 5.59. The number of ether oxygens (including phenoxy) is 1. The third kappa shape index (κ3) is 5.25. The van der Waals surface area contributed by atoms with Gasteiger partial charge < -0.3 is 19.9 Å². The Bertz CT molecular complexity index is 800. The average Bonchev–Trinajstić information content (AvgIpc) is 3.18. The summed E-state index contributed by atoms with van der Waals surface area (Å²) in [6, 6.07) is 0.751. The zero-order chi connectivity index (χ0) is 22.5. The fourth-order valence-electron chi connectivity index (χ4n) is 5.09. The first-order chi connectivity index (χ1) is 15.6. The highest BCUT2D eigenvalue weighted by molar-refractivity contribution is 7.99. The summed E-state index contributed by atoms with van der Waals surface area (Å²) in [7, 11) is 0. The smallest absolute Gasteiger partial charge is 0.409 e. The molecule has 0 saturated carbocycles. The molecule has 0 radical (unpaired) electrons. The molecular weight excluding hydrogens is 426 g/mol. The Morgan fingerprint density at radius 3 is 2.50 bits per heavy atom. The van der Waals surface area contributed by atoms with Crippen molar-refractivity contribution in [3.8, 4) is 0 Å². The van der Waals surface area contributed by atoms with Crippen LogP contribution in [-0.2, 0) is 24.1 Å². The Morgan fingerprint density at radius 1 is 1.06 bits per heavy atom. The molecule has 2 amide bonds. The molecule has 1 unspecified atom stereocenters. The summed E-state index contributed by atoms with van der Waals surface area (Å²) in [5.74, 6) is 2.14. The van der Waals surface area contributed by atoms with E-state index in [9.17, 15) is 9.59 Å². The highest BCUT2D eigenvalue weighted by atomic mass is 32.2. The van der Waals surface area contributed by atoms with Gasteiger partial charge in [0, 0.05) is 67.6 Å². The van der Waals surface area contributed by atoms with Gasteiger partial charge in [-0.05, 0) is 45.4 Å². The molecule has 0 aromatic carbocycles. The van der Waals surface area contributed by atoms with E-state index in [0.717, 1.165) is 88.3 Å². The molecule has 1 N–H and O–H groups in total. The van der Waals surface area contributed by atoms with Crippen LogP contribution in [0.3, 0.4) is 0 Å². The molecule has 2 fully saturated rings. The number of thioether (sulfide) groups is 1. The third-order valence-electron chi connectivity index (χ3n) is 6.78. The number of fused-ring (bicyclic) bond motifs is 1. The molecule has 1 aromatic heterocycles. The van der Waals surface area contributed by atoms with Crippen LogP contribution in [0.15, 0.2) is 0 Å². The Labute approximate surface area is 195 Å². The van der Waals surface area contributed by atoms with Gasteiger partial charge in [0.2, 0.25) is 0 Å². The summed E-state index contributed by atoms with van der Waals surface area (Å²) in [5, 5.41) is 8.65. The highest BCUT2D eigenvalue weighted by Gasteiger charge is 2.33. The number of hydrogen-bond acceptors (Lipinski definition) is 6. The quantitative estimate of drug-likeness (QED) is 0.699. The van der Waals surface area contributed by atoms with Gasteiger partial charge in [0.1, 0.15) is 0 Å². The van der Waals surface area contributed by atoms with Gasteiger partial charge in [-0.1, -0.05) is 6.92 Å². The summed E-state index contributed by atoms with van der Waals surface area (Å²) in [5.41, 5.74) is 3.11. The van der Waals surface area contributed by atoms with Gasteiger partial charge >= 0.3 is 6.09 Å². The largest absolute Gasteiger partial charge is 0.450 e. The number of nitrogens with one attached hydrogen (secondary N) is 1.